The molecule has 1 fully saturated rings. The van der Waals surface area contributed by atoms with E-state index in [0.29, 0.717) is 11.3 Å². The van der Waals surface area contributed by atoms with E-state index in [1.54, 1.807) is 26.2 Å². The summed E-state index contributed by atoms with van der Waals surface area (Å²) >= 11 is 1.13. The smallest absolute Gasteiger partial charge is 0.408 e. The number of hydrogen-bond donors (Lipinski definition) is 2. The molecule has 1 saturated carbocycles. The third-order valence-electron chi connectivity index (χ3n) is 5.32. The van der Waals surface area contributed by atoms with Gasteiger partial charge in [-0.2, -0.15) is 5.26 Å². The molecular formula is C22H24FN3O3S. The monoisotopic (exact) mass is 429 g/mol. The van der Waals surface area contributed by atoms with Crippen LogP contribution in [0.5, 0.6) is 0 Å². The van der Waals surface area contributed by atoms with E-state index in [-0.39, 0.29) is 12.3 Å². The summed E-state index contributed by atoms with van der Waals surface area (Å²) in [6.07, 6.45) is -0.931. The van der Waals surface area contributed by atoms with Crippen molar-refractivity contribution in [2.24, 2.45) is 0 Å². The van der Waals surface area contributed by atoms with E-state index < -0.39 is 34.9 Å². The Morgan fingerprint density at radius 2 is 2.03 bits per heavy atom. The van der Waals surface area contributed by atoms with Crippen molar-refractivity contribution in [3.8, 4) is 6.07 Å². The van der Waals surface area contributed by atoms with Crippen LogP contribution in [0.15, 0.2) is 41.8 Å². The Kier molecular flexibility index (Phi) is 5.86. The molecule has 1 heterocycles. The Labute approximate surface area is 178 Å². The minimum atomic E-state index is -1.28. The third kappa shape index (κ3) is 4.31. The number of rotatable bonds is 6. The zero-order valence-corrected chi connectivity index (χ0v) is 17.9. The summed E-state index contributed by atoms with van der Waals surface area (Å²) in [7, 11) is 0. The predicted octanol–water partition coefficient (Wildman–Crippen LogP) is 4.14. The minimum Gasteiger partial charge on any atom is -0.465 e. The molecule has 1 aliphatic carbocycles. The first-order valence-corrected chi connectivity index (χ1v) is 10.5. The number of carboxylic acid groups (broad SMARTS) is 1. The fourth-order valence-electron chi connectivity index (χ4n) is 3.78. The van der Waals surface area contributed by atoms with E-state index in [2.05, 4.69) is 11.4 Å². The van der Waals surface area contributed by atoms with Gasteiger partial charge in [-0.3, -0.25) is 9.69 Å². The van der Waals surface area contributed by atoms with Crippen molar-refractivity contribution >= 4 is 23.3 Å². The Morgan fingerprint density at radius 1 is 1.37 bits per heavy atom. The van der Waals surface area contributed by atoms with Crippen molar-refractivity contribution in [1.82, 2.24) is 10.2 Å². The molecule has 0 bridgehead atoms. The lowest BCUT2D eigenvalue weighted by Crippen LogP contribution is -2.59. The van der Waals surface area contributed by atoms with E-state index in [1.807, 2.05) is 30.3 Å². The average molecular weight is 430 g/mol. The highest BCUT2D eigenvalue weighted by molar-refractivity contribution is 7.09. The van der Waals surface area contributed by atoms with Gasteiger partial charge in [-0.1, -0.05) is 30.3 Å². The molecule has 1 unspecified atom stereocenters. The van der Waals surface area contributed by atoms with Gasteiger partial charge in [0.2, 0.25) is 5.91 Å². The number of benzene rings is 1. The molecule has 3 rings (SSSR count). The molecule has 0 aliphatic heterocycles. The van der Waals surface area contributed by atoms with Crippen molar-refractivity contribution in [2.75, 3.05) is 0 Å². The van der Waals surface area contributed by atoms with Gasteiger partial charge < -0.3 is 10.4 Å². The number of amides is 2. The summed E-state index contributed by atoms with van der Waals surface area (Å²) in [4.78, 5) is 26.6. The Balaban J connectivity index is 1.89. The van der Waals surface area contributed by atoms with Crippen LogP contribution in [0.3, 0.4) is 0 Å². The molecule has 8 heteroatoms. The highest BCUT2D eigenvalue weighted by Crippen LogP contribution is 2.51. The molecule has 1 aromatic heterocycles. The van der Waals surface area contributed by atoms with E-state index in [4.69, 9.17) is 0 Å². The lowest BCUT2D eigenvalue weighted by atomic mass is 9.99. The maximum atomic E-state index is 14.1. The van der Waals surface area contributed by atoms with Gasteiger partial charge in [-0.05, 0) is 44.2 Å². The van der Waals surface area contributed by atoms with Gasteiger partial charge in [0.25, 0.3) is 0 Å². The zero-order chi connectivity index (χ0) is 22.1. The van der Waals surface area contributed by atoms with Crippen molar-refractivity contribution in [3.63, 3.8) is 0 Å². The Morgan fingerprint density at radius 3 is 2.53 bits per heavy atom. The van der Waals surface area contributed by atoms with Crippen LogP contribution in [0, 0.1) is 17.1 Å². The zero-order valence-electron chi connectivity index (χ0n) is 17.1. The maximum absolute atomic E-state index is 14.1. The fraction of sp³-hybridized carbons (Fsp3) is 0.409. The summed E-state index contributed by atoms with van der Waals surface area (Å²) in [6, 6.07) is 11.7. The van der Waals surface area contributed by atoms with Gasteiger partial charge in [0.1, 0.15) is 17.4 Å². The number of carbonyl (C=O) groups excluding carboxylic acids is 1. The van der Waals surface area contributed by atoms with Crippen molar-refractivity contribution < 1.29 is 19.1 Å². The largest absolute Gasteiger partial charge is 0.465 e. The number of halogens is 1. The normalized spacial score (nSPS) is 21.4. The molecule has 2 amide bonds. The predicted molar refractivity (Wildman–Crippen MR) is 112 cm³/mol. The summed E-state index contributed by atoms with van der Waals surface area (Å²) in [5.41, 5.74) is -1.05. The van der Waals surface area contributed by atoms with Gasteiger partial charge >= 0.3 is 6.09 Å². The summed E-state index contributed by atoms with van der Waals surface area (Å²) in [5.74, 6) is -1.24. The third-order valence-corrected chi connectivity index (χ3v) is 6.24. The van der Waals surface area contributed by atoms with Crippen LogP contribution in [0.2, 0.25) is 0 Å². The molecule has 2 aromatic rings. The highest BCUT2D eigenvalue weighted by Gasteiger charge is 2.58. The topological polar surface area (TPSA) is 93.4 Å². The van der Waals surface area contributed by atoms with Crippen molar-refractivity contribution in [3.05, 3.63) is 58.0 Å². The lowest BCUT2D eigenvalue weighted by molar-refractivity contribution is -0.128. The van der Waals surface area contributed by atoms with Gasteiger partial charge in [-0.15, -0.1) is 11.3 Å². The lowest BCUT2D eigenvalue weighted by Gasteiger charge is -2.39. The highest BCUT2D eigenvalue weighted by atomic mass is 32.1. The molecule has 30 heavy (non-hydrogen) atoms. The van der Waals surface area contributed by atoms with Gasteiger partial charge in [0.15, 0.2) is 0 Å². The van der Waals surface area contributed by atoms with Crippen molar-refractivity contribution in [2.45, 2.75) is 56.7 Å². The summed E-state index contributed by atoms with van der Waals surface area (Å²) in [6.45, 7) is 5.03. The second kappa shape index (κ2) is 8.07. The van der Waals surface area contributed by atoms with Gasteiger partial charge in [0.05, 0.1) is 6.07 Å². The van der Waals surface area contributed by atoms with Crippen LogP contribution in [0.25, 0.3) is 0 Å². The molecular weight excluding hydrogens is 405 g/mol. The summed E-state index contributed by atoms with van der Waals surface area (Å²) < 4.78 is 14.1. The van der Waals surface area contributed by atoms with Crippen LogP contribution >= 0.6 is 11.3 Å². The molecule has 3 atom stereocenters. The van der Waals surface area contributed by atoms with E-state index in [1.165, 1.54) is 6.07 Å². The Hall–Kier alpha value is -2.92. The molecule has 158 valence electrons. The first-order chi connectivity index (χ1) is 14.1. The fourth-order valence-corrected chi connectivity index (χ4v) is 4.57. The van der Waals surface area contributed by atoms with Crippen LogP contribution < -0.4 is 5.32 Å². The number of hydrogen-bond acceptors (Lipinski definition) is 4. The number of nitrogens with zero attached hydrogens (tertiary/aromatic N) is 2. The first-order valence-electron chi connectivity index (χ1n) is 9.61. The van der Waals surface area contributed by atoms with E-state index in [0.717, 1.165) is 21.8 Å². The molecule has 6 nitrogen and oxygen atoms in total. The second-order valence-electron chi connectivity index (χ2n) is 8.47. The molecule has 1 aliphatic rings. The molecule has 0 radical (unpaired) electrons. The molecule has 0 saturated heterocycles. The average Bonchev–Trinajstić information content (AvgIpc) is 3.25. The van der Waals surface area contributed by atoms with Crippen LogP contribution in [-0.4, -0.2) is 39.1 Å². The number of nitrogens with one attached hydrogen (secondary N) is 1. The van der Waals surface area contributed by atoms with E-state index >= 15 is 0 Å². The maximum Gasteiger partial charge on any atom is 0.408 e. The quantitative estimate of drug-likeness (QED) is 0.722. The Bertz CT molecular complexity index is 980. The molecule has 0 spiro atoms. The van der Waals surface area contributed by atoms with Crippen molar-refractivity contribution in [1.29, 1.82) is 5.26 Å². The minimum absolute atomic E-state index is 0.101. The molecule has 2 N–H and O–H groups in total. The van der Waals surface area contributed by atoms with Crippen LogP contribution in [0.1, 0.15) is 43.6 Å². The summed E-state index contributed by atoms with van der Waals surface area (Å²) in [5, 5.41) is 23.9. The van der Waals surface area contributed by atoms with Crippen LogP contribution in [0.4, 0.5) is 9.18 Å². The van der Waals surface area contributed by atoms with Crippen LogP contribution in [-0.2, 0) is 11.2 Å². The molecule has 1 aromatic carbocycles. The van der Waals surface area contributed by atoms with Gasteiger partial charge in [-0.25, -0.2) is 9.18 Å². The number of nitriles is 1. The first kappa shape index (κ1) is 21.8. The van der Waals surface area contributed by atoms with Gasteiger partial charge in [0, 0.05) is 22.8 Å². The SMILES string of the molecule is CC(C)(C)N(C(=O)O)C(Cc1sccc1F)C(=O)N[C@]1(C#N)C[C@@H]1c1ccccc1. The number of carbonyl (C=O) groups is 2. The number of thiophene rings is 1. The van der Waals surface area contributed by atoms with E-state index in [9.17, 15) is 24.3 Å². The standard InChI is InChI=1S/C22H24FN3O3S/c1-21(2,3)26(20(28)29)17(11-18-16(23)9-10-30-18)19(27)25-22(13-24)12-15(22)14-7-5-4-6-8-14/h4-10,15,17H,11-12H2,1-3H3,(H,25,27)(H,28,29)/t15-,17?,22+/m1/s1. The second-order valence-corrected chi connectivity index (χ2v) is 9.48.